The third-order valence-corrected chi connectivity index (χ3v) is 3.86. The van der Waals surface area contributed by atoms with Gasteiger partial charge in [-0.15, -0.1) is 0 Å². The van der Waals surface area contributed by atoms with E-state index in [1.807, 2.05) is 6.07 Å². The maximum atomic E-state index is 10.9. The number of hydrogen-bond acceptors (Lipinski definition) is 4. The lowest BCUT2D eigenvalue weighted by Crippen LogP contribution is -2.26. The second kappa shape index (κ2) is 5.13. The smallest absolute Gasteiger partial charge is 0.408 e. The molecule has 1 aromatic heterocycles. The molecule has 3 rings (SSSR count). The van der Waals surface area contributed by atoms with Crippen LogP contribution < -0.4 is 16.2 Å². The summed E-state index contributed by atoms with van der Waals surface area (Å²) in [6.07, 6.45) is 3.28. The van der Waals surface area contributed by atoms with E-state index < -0.39 is 6.09 Å². The highest BCUT2D eigenvalue weighted by Gasteiger charge is 2.23. The quantitative estimate of drug-likeness (QED) is 0.778. The number of nitrogens with one attached hydrogen (secondary N) is 1. The molecule has 0 unspecified atom stereocenters. The molecule has 5 N–H and O–H groups in total. The van der Waals surface area contributed by atoms with Crippen molar-refractivity contribution < 1.29 is 9.53 Å². The van der Waals surface area contributed by atoms with Crippen LogP contribution in [-0.2, 0) is 0 Å². The third-order valence-electron chi connectivity index (χ3n) is 3.86. The van der Waals surface area contributed by atoms with E-state index in [0.29, 0.717) is 23.2 Å². The number of aromatic amines is 1. The summed E-state index contributed by atoms with van der Waals surface area (Å²) in [5.74, 6) is 1.72. The topological polar surface area (TPSA) is 107 Å². The summed E-state index contributed by atoms with van der Waals surface area (Å²) in [4.78, 5) is 18.8. The molecule has 0 saturated heterocycles. The Morgan fingerprint density at radius 1 is 1.30 bits per heavy atom. The Labute approximate surface area is 116 Å². The van der Waals surface area contributed by atoms with Gasteiger partial charge in [-0.1, -0.05) is 6.07 Å². The second-order valence-corrected chi connectivity index (χ2v) is 5.31. The average molecular weight is 274 g/mol. The number of rotatable bonds is 2. The molecule has 1 heterocycles. The monoisotopic (exact) mass is 274 g/mol. The minimum absolute atomic E-state index is 0.310. The van der Waals surface area contributed by atoms with Crippen molar-refractivity contribution in [2.24, 2.45) is 11.5 Å². The second-order valence-electron chi connectivity index (χ2n) is 5.31. The molecule has 2 aromatic rings. The lowest BCUT2D eigenvalue weighted by molar-refractivity contribution is 0.211. The molecule has 1 aromatic carbocycles. The predicted octanol–water partition coefficient (Wildman–Crippen LogP) is 2.01. The standard InChI is InChI=1S/C14H18N4O2/c15-9-6-4-8(5-7-9)13-17-10-2-1-3-11(12(10)18-13)20-14(16)19/h1-3,8-9H,4-7,15H2,(H2,16,19)(H,17,18). The number of hydrogen-bond donors (Lipinski definition) is 3. The van der Waals surface area contributed by atoms with Gasteiger partial charge in [0.1, 0.15) is 11.3 Å². The van der Waals surface area contributed by atoms with Crippen molar-refractivity contribution in [1.82, 2.24) is 9.97 Å². The molecule has 20 heavy (non-hydrogen) atoms. The summed E-state index contributed by atoms with van der Waals surface area (Å²) >= 11 is 0. The number of imidazole rings is 1. The Hall–Kier alpha value is -2.08. The van der Waals surface area contributed by atoms with Gasteiger partial charge in [0.2, 0.25) is 0 Å². The normalized spacial score (nSPS) is 22.9. The van der Waals surface area contributed by atoms with Crippen molar-refractivity contribution in [3.8, 4) is 5.75 Å². The minimum Gasteiger partial charge on any atom is -0.408 e. The lowest BCUT2D eigenvalue weighted by Gasteiger charge is -2.24. The number of fused-ring (bicyclic) bond motifs is 1. The van der Waals surface area contributed by atoms with E-state index in [4.69, 9.17) is 16.2 Å². The van der Waals surface area contributed by atoms with Crippen molar-refractivity contribution >= 4 is 17.1 Å². The molecule has 6 heteroatoms. The number of carbonyl (C=O) groups is 1. The van der Waals surface area contributed by atoms with Crippen molar-refractivity contribution in [1.29, 1.82) is 0 Å². The molecule has 0 aliphatic heterocycles. The van der Waals surface area contributed by atoms with E-state index in [2.05, 4.69) is 9.97 Å². The largest absolute Gasteiger partial charge is 0.410 e. The van der Waals surface area contributed by atoms with E-state index >= 15 is 0 Å². The molecular formula is C14H18N4O2. The summed E-state index contributed by atoms with van der Waals surface area (Å²) in [6, 6.07) is 5.71. The molecule has 1 saturated carbocycles. The molecule has 1 aliphatic carbocycles. The maximum Gasteiger partial charge on any atom is 0.410 e. The molecular weight excluding hydrogens is 256 g/mol. The molecule has 0 atom stereocenters. The van der Waals surface area contributed by atoms with Crippen molar-refractivity contribution in [3.63, 3.8) is 0 Å². The predicted molar refractivity (Wildman–Crippen MR) is 75.5 cm³/mol. The van der Waals surface area contributed by atoms with Gasteiger partial charge in [0.05, 0.1) is 5.52 Å². The van der Waals surface area contributed by atoms with E-state index in [1.54, 1.807) is 12.1 Å². The molecule has 6 nitrogen and oxygen atoms in total. The zero-order chi connectivity index (χ0) is 14.1. The SMILES string of the molecule is NC(=O)Oc1cccc2[nH]c(C3CCC(N)CC3)nc12. The van der Waals surface area contributed by atoms with Crippen LogP contribution in [-0.4, -0.2) is 22.1 Å². The number of H-pyrrole nitrogens is 1. The van der Waals surface area contributed by atoms with E-state index in [0.717, 1.165) is 37.0 Å². The zero-order valence-electron chi connectivity index (χ0n) is 11.1. The first-order chi connectivity index (χ1) is 9.63. The van der Waals surface area contributed by atoms with Crippen molar-refractivity contribution in [2.45, 2.75) is 37.6 Å². The van der Waals surface area contributed by atoms with Crippen molar-refractivity contribution in [2.75, 3.05) is 0 Å². The highest BCUT2D eigenvalue weighted by Crippen LogP contribution is 2.33. The number of para-hydroxylation sites is 1. The Morgan fingerprint density at radius 2 is 2.05 bits per heavy atom. The molecule has 0 radical (unpaired) electrons. The van der Waals surface area contributed by atoms with Crippen LogP contribution in [0.1, 0.15) is 37.4 Å². The molecule has 106 valence electrons. The van der Waals surface area contributed by atoms with Crippen molar-refractivity contribution in [3.05, 3.63) is 24.0 Å². The number of nitrogens with two attached hydrogens (primary N) is 2. The Balaban J connectivity index is 1.92. The minimum atomic E-state index is -0.828. The van der Waals surface area contributed by atoms with Crippen LogP contribution >= 0.6 is 0 Å². The highest BCUT2D eigenvalue weighted by atomic mass is 16.5. The number of aromatic nitrogens is 2. The fourth-order valence-corrected chi connectivity index (χ4v) is 2.80. The van der Waals surface area contributed by atoms with Crippen LogP contribution in [0.4, 0.5) is 4.79 Å². The molecule has 1 amide bonds. The molecule has 1 fully saturated rings. The van der Waals surface area contributed by atoms with Crippen LogP contribution in [0.3, 0.4) is 0 Å². The Morgan fingerprint density at radius 3 is 2.75 bits per heavy atom. The number of ether oxygens (including phenoxy) is 1. The van der Waals surface area contributed by atoms with Crippen LogP contribution in [0.25, 0.3) is 11.0 Å². The molecule has 1 aliphatic rings. The molecule has 0 bridgehead atoms. The van der Waals surface area contributed by atoms with Gasteiger partial charge >= 0.3 is 6.09 Å². The zero-order valence-corrected chi connectivity index (χ0v) is 11.1. The summed E-state index contributed by atoms with van der Waals surface area (Å²) < 4.78 is 4.98. The van der Waals surface area contributed by atoms with Gasteiger partial charge in [0, 0.05) is 12.0 Å². The van der Waals surface area contributed by atoms with Crippen LogP contribution in [0.15, 0.2) is 18.2 Å². The van der Waals surface area contributed by atoms with Crippen LogP contribution in [0.2, 0.25) is 0 Å². The van der Waals surface area contributed by atoms with Gasteiger partial charge in [-0.3, -0.25) is 0 Å². The van der Waals surface area contributed by atoms with Gasteiger partial charge in [0.15, 0.2) is 5.75 Å². The number of carbonyl (C=O) groups excluding carboxylic acids is 1. The van der Waals surface area contributed by atoms with E-state index in [1.165, 1.54) is 0 Å². The highest BCUT2D eigenvalue weighted by molar-refractivity contribution is 5.84. The van der Waals surface area contributed by atoms with Crippen LogP contribution in [0, 0.1) is 0 Å². The van der Waals surface area contributed by atoms with Gasteiger partial charge in [0.25, 0.3) is 0 Å². The van der Waals surface area contributed by atoms with Gasteiger partial charge in [-0.2, -0.15) is 0 Å². The van der Waals surface area contributed by atoms with Gasteiger partial charge in [-0.05, 0) is 37.8 Å². The molecule has 0 spiro atoms. The Bertz CT molecular complexity index is 629. The van der Waals surface area contributed by atoms with E-state index in [-0.39, 0.29) is 0 Å². The van der Waals surface area contributed by atoms with Crippen LogP contribution in [0.5, 0.6) is 5.75 Å². The number of amides is 1. The number of nitrogens with zero attached hydrogens (tertiary/aromatic N) is 1. The number of benzene rings is 1. The third kappa shape index (κ3) is 2.46. The van der Waals surface area contributed by atoms with E-state index in [9.17, 15) is 4.79 Å². The van der Waals surface area contributed by atoms with Gasteiger partial charge < -0.3 is 21.2 Å². The van der Waals surface area contributed by atoms with Gasteiger partial charge in [-0.25, -0.2) is 9.78 Å². The fourth-order valence-electron chi connectivity index (χ4n) is 2.80. The summed E-state index contributed by atoms with van der Waals surface area (Å²) in [5.41, 5.74) is 12.5. The first kappa shape index (κ1) is 12.9. The Kier molecular flexibility index (Phi) is 3.31. The summed E-state index contributed by atoms with van der Waals surface area (Å²) in [6.45, 7) is 0. The summed E-state index contributed by atoms with van der Waals surface area (Å²) in [5, 5.41) is 0. The summed E-state index contributed by atoms with van der Waals surface area (Å²) in [7, 11) is 0. The first-order valence-electron chi connectivity index (χ1n) is 6.85. The first-order valence-corrected chi connectivity index (χ1v) is 6.85. The fraction of sp³-hybridized carbons (Fsp3) is 0.429. The maximum absolute atomic E-state index is 10.9. The average Bonchev–Trinajstić information content (AvgIpc) is 2.84. The number of primary amides is 1. The lowest BCUT2D eigenvalue weighted by atomic mass is 9.86.